The monoisotopic (exact) mass is 375 g/mol. The third-order valence-corrected chi connectivity index (χ3v) is 6.46. The Morgan fingerprint density at radius 1 is 1.33 bits per heavy atom. The van der Waals surface area contributed by atoms with E-state index in [0.717, 1.165) is 12.2 Å². The summed E-state index contributed by atoms with van der Waals surface area (Å²) >= 11 is 0. The molecule has 3 aliphatic heterocycles. The van der Waals surface area contributed by atoms with Crippen molar-refractivity contribution in [2.24, 2.45) is 11.8 Å². The lowest BCUT2D eigenvalue weighted by Gasteiger charge is -2.57. The highest BCUT2D eigenvalue weighted by Gasteiger charge is 2.56. The van der Waals surface area contributed by atoms with E-state index in [0.29, 0.717) is 50.7 Å². The first-order chi connectivity index (χ1) is 12.9. The molecular weight excluding hydrogens is 346 g/mol. The van der Waals surface area contributed by atoms with E-state index >= 15 is 0 Å². The van der Waals surface area contributed by atoms with Gasteiger partial charge in [-0.3, -0.25) is 4.79 Å². The number of carbonyl (C=O) groups excluding carboxylic acids is 1. The maximum atomic E-state index is 13.4. The Bertz CT molecular complexity index is 725. The smallest absolute Gasteiger partial charge is 0.257 e. The Hall–Kier alpha value is -1.57. The number of fused-ring (bicyclic) bond motifs is 3. The molecule has 1 aromatic heterocycles. The first kappa shape index (κ1) is 18.8. The molecule has 0 radical (unpaired) electrons. The van der Waals surface area contributed by atoms with Crippen molar-refractivity contribution < 1.29 is 19.4 Å². The zero-order valence-corrected chi connectivity index (χ0v) is 16.4. The second-order valence-corrected chi connectivity index (χ2v) is 8.39. The van der Waals surface area contributed by atoms with Crippen LogP contribution in [0.2, 0.25) is 0 Å². The van der Waals surface area contributed by atoms with Crippen molar-refractivity contribution in [2.75, 3.05) is 33.0 Å². The van der Waals surface area contributed by atoms with E-state index in [1.54, 1.807) is 6.20 Å². The molecule has 4 atom stereocenters. The normalized spacial score (nSPS) is 33.5. The van der Waals surface area contributed by atoms with Crippen LogP contribution in [0.1, 0.15) is 54.5 Å². The minimum Gasteiger partial charge on any atom is -0.389 e. The van der Waals surface area contributed by atoms with Crippen molar-refractivity contribution in [2.45, 2.75) is 51.2 Å². The fourth-order valence-electron chi connectivity index (χ4n) is 4.82. The van der Waals surface area contributed by atoms with Gasteiger partial charge in [-0.05, 0) is 13.3 Å². The number of hydrogen-bond donors (Lipinski definition) is 1. The van der Waals surface area contributed by atoms with Crippen LogP contribution in [0.5, 0.6) is 0 Å². The number of likely N-dealkylation sites (tertiary alicyclic amines) is 1. The fraction of sp³-hybridized carbons (Fsp3) is 0.750. The molecular formula is C20H29N3O4. The summed E-state index contributed by atoms with van der Waals surface area (Å²) < 4.78 is 11.3. The van der Waals surface area contributed by atoms with Gasteiger partial charge in [-0.1, -0.05) is 13.8 Å². The molecule has 3 aliphatic rings. The quantitative estimate of drug-likeness (QED) is 0.844. The molecule has 0 unspecified atom stereocenters. The standard InChI is InChI=1S/C20H29N3O4/c1-12(2)18-21-8-15(13(3)22-18)19(24)23-9-14-10-27-7-5-20(14,25)16-11-26-6-4-17(16)23/h8,12,14,16-17,25H,4-7,9-11H2,1-3H3/t14-,16+,17-,20-/m1/s1. The Morgan fingerprint density at radius 2 is 2.11 bits per heavy atom. The Kier molecular flexibility index (Phi) is 4.94. The first-order valence-electron chi connectivity index (χ1n) is 9.94. The van der Waals surface area contributed by atoms with Crippen molar-refractivity contribution in [1.29, 1.82) is 0 Å². The molecule has 0 saturated carbocycles. The summed E-state index contributed by atoms with van der Waals surface area (Å²) in [7, 11) is 0. The van der Waals surface area contributed by atoms with Crippen LogP contribution in [0, 0.1) is 18.8 Å². The van der Waals surface area contributed by atoms with Crippen LogP contribution >= 0.6 is 0 Å². The van der Waals surface area contributed by atoms with Gasteiger partial charge in [0.15, 0.2) is 0 Å². The minimum atomic E-state index is -0.812. The molecule has 148 valence electrons. The number of rotatable bonds is 2. The van der Waals surface area contributed by atoms with Gasteiger partial charge >= 0.3 is 0 Å². The number of ether oxygens (including phenoxy) is 2. The molecule has 0 aliphatic carbocycles. The molecule has 1 aromatic rings. The van der Waals surface area contributed by atoms with Crippen molar-refractivity contribution in [3.8, 4) is 0 Å². The summed E-state index contributed by atoms with van der Waals surface area (Å²) in [5.74, 6) is 0.759. The highest BCUT2D eigenvalue weighted by molar-refractivity contribution is 5.95. The van der Waals surface area contributed by atoms with Gasteiger partial charge < -0.3 is 19.5 Å². The second-order valence-electron chi connectivity index (χ2n) is 8.39. The van der Waals surface area contributed by atoms with Crippen LogP contribution in [0.4, 0.5) is 0 Å². The molecule has 1 N–H and O–H groups in total. The zero-order valence-electron chi connectivity index (χ0n) is 16.4. The summed E-state index contributed by atoms with van der Waals surface area (Å²) in [5, 5.41) is 11.4. The van der Waals surface area contributed by atoms with Crippen LogP contribution in [-0.4, -0.2) is 70.5 Å². The summed E-state index contributed by atoms with van der Waals surface area (Å²) in [6, 6.07) is -0.0187. The van der Waals surface area contributed by atoms with Crippen molar-refractivity contribution in [3.05, 3.63) is 23.3 Å². The highest BCUT2D eigenvalue weighted by atomic mass is 16.5. The summed E-state index contributed by atoms with van der Waals surface area (Å²) in [4.78, 5) is 24.3. The van der Waals surface area contributed by atoms with Gasteiger partial charge in [-0.15, -0.1) is 0 Å². The van der Waals surface area contributed by atoms with Crippen LogP contribution < -0.4 is 0 Å². The van der Waals surface area contributed by atoms with Gasteiger partial charge in [-0.2, -0.15) is 0 Å². The topological polar surface area (TPSA) is 84.8 Å². The molecule has 3 fully saturated rings. The van der Waals surface area contributed by atoms with E-state index in [1.165, 1.54) is 0 Å². The molecule has 7 nitrogen and oxygen atoms in total. The molecule has 27 heavy (non-hydrogen) atoms. The van der Waals surface area contributed by atoms with Crippen LogP contribution in [0.15, 0.2) is 6.20 Å². The average Bonchev–Trinajstić information content (AvgIpc) is 2.67. The fourth-order valence-corrected chi connectivity index (χ4v) is 4.82. The molecule has 4 rings (SSSR count). The average molecular weight is 375 g/mol. The Labute approximate surface area is 160 Å². The summed E-state index contributed by atoms with van der Waals surface area (Å²) in [5.41, 5.74) is 0.447. The lowest BCUT2D eigenvalue weighted by Crippen LogP contribution is -2.68. The number of aryl methyl sites for hydroxylation is 1. The predicted octanol–water partition coefficient (Wildman–Crippen LogP) is 1.54. The number of carbonyl (C=O) groups is 1. The lowest BCUT2D eigenvalue weighted by molar-refractivity contribution is -0.212. The van der Waals surface area contributed by atoms with Crippen molar-refractivity contribution in [1.82, 2.24) is 14.9 Å². The summed E-state index contributed by atoms with van der Waals surface area (Å²) in [6.45, 7) is 8.59. The summed E-state index contributed by atoms with van der Waals surface area (Å²) in [6.07, 6.45) is 3.01. The largest absolute Gasteiger partial charge is 0.389 e. The molecule has 3 saturated heterocycles. The molecule has 7 heteroatoms. The van der Waals surface area contributed by atoms with Crippen molar-refractivity contribution in [3.63, 3.8) is 0 Å². The molecule has 0 spiro atoms. The molecule has 1 amide bonds. The lowest BCUT2D eigenvalue weighted by atomic mass is 9.66. The third-order valence-electron chi connectivity index (χ3n) is 6.46. The highest BCUT2D eigenvalue weighted by Crippen LogP contribution is 2.44. The molecule has 0 aromatic carbocycles. The maximum absolute atomic E-state index is 13.4. The second kappa shape index (κ2) is 7.11. The van der Waals surface area contributed by atoms with E-state index in [9.17, 15) is 9.90 Å². The van der Waals surface area contributed by atoms with Gasteiger partial charge in [0.1, 0.15) is 5.82 Å². The first-order valence-corrected chi connectivity index (χ1v) is 9.94. The van der Waals surface area contributed by atoms with Crippen LogP contribution in [0.3, 0.4) is 0 Å². The number of amides is 1. The number of aromatic nitrogens is 2. The van der Waals surface area contributed by atoms with Gasteiger partial charge in [0.05, 0.1) is 30.1 Å². The van der Waals surface area contributed by atoms with Gasteiger partial charge in [-0.25, -0.2) is 9.97 Å². The van der Waals surface area contributed by atoms with Gasteiger partial charge in [0.2, 0.25) is 0 Å². The van der Waals surface area contributed by atoms with E-state index in [1.807, 2.05) is 25.7 Å². The minimum absolute atomic E-state index is 0.0187. The van der Waals surface area contributed by atoms with Gasteiger partial charge in [0, 0.05) is 56.2 Å². The maximum Gasteiger partial charge on any atom is 0.257 e. The number of aliphatic hydroxyl groups is 1. The van der Waals surface area contributed by atoms with Gasteiger partial charge in [0.25, 0.3) is 5.91 Å². The van der Waals surface area contributed by atoms with E-state index in [-0.39, 0.29) is 29.7 Å². The Balaban J connectivity index is 1.65. The predicted molar refractivity (Wildman–Crippen MR) is 98.5 cm³/mol. The SMILES string of the molecule is Cc1nc(C(C)C)ncc1C(=O)N1C[C@@H]2COCC[C@]2(O)[C@H]2COCC[C@H]21. The van der Waals surface area contributed by atoms with E-state index in [2.05, 4.69) is 9.97 Å². The molecule has 0 bridgehead atoms. The Morgan fingerprint density at radius 3 is 2.85 bits per heavy atom. The van der Waals surface area contributed by atoms with E-state index < -0.39 is 5.60 Å². The number of nitrogens with zero attached hydrogens (tertiary/aromatic N) is 3. The van der Waals surface area contributed by atoms with Crippen LogP contribution in [0.25, 0.3) is 0 Å². The zero-order chi connectivity index (χ0) is 19.2. The molecule has 4 heterocycles. The van der Waals surface area contributed by atoms with Crippen molar-refractivity contribution >= 4 is 5.91 Å². The third kappa shape index (κ3) is 3.15. The number of piperidine rings is 1. The van der Waals surface area contributed by atoms with Crippen LogP contribution in [-0.2, 0) is 9.47 Å². The van der Waals surface area contributed by atoms with E-state index in [4.69, 9.17) is 9.47 Å². The number of hydrogen-bond acceptors (Lipinski definition) is 6.